The first-order chi connectivity index (χ1) is 10.5. The van der Waals surface area contributed by atoms with E-state index in [9.17, 15) is 9.59 Å². The smallest absolute Gasteiger partial charge is 0.308 e. The zero-order valence-corrected chi connectivity index (χ0v) is 13.5. The Balaban J connectivity index is 2.22. The second-order valence-electron chi connectivity index (χ2n) is 6.10. The summed E-state index contributed by atoms with van der Waals surface area (Å²) in [5, 5.41) is 12.4. The van der Waals surface area contributed by atoms with Crippen LogP contribution in [0.1, 0.15) is 44.6 Å². The summed E-state index contributed by atoms with van der Waals surface area (Å²) in [7, 11) is 0. The van der Waals surface area contributed by atoms with Gasteiger partial charge in [-0.15, -0.1) is 0 Å². The first-order valence-electron chi connectivity index (χ1n) is 7.73. The largest absolute Gasteiger partial charge is 0.481 e. The molecule has 0 spiro atoms. The van der Waals surface area contributed by atoms with Crippen molar-refractivity contribution in [1.82, 2.24) is 5.32 Å². The van der Waals surface area contributed by atoms with E-state index in [4.69, 9.17) is 16.7 Å². The molecule has 1 aromatic carbocycles. The van der Waals surface area contributed by atoms with E-state index in [1.165, 1.54) is 0 Å². The molecule has 22 heavy (non-hydrogen) atoms. The van der Waals surface area contributed by atoms with Gasteiger partial charge in [-0.3, -0.25) is 9.59 Å². The number of rotatable bonds is 5. The molecule has 1 aliphatic carbocycles. The topological polar surface area (TPSA) is 66.4 Å². The van der Waals surface area contributed by atoms with Crippen molar-refractivity contribution >= 4 is 23.5 Å². The Morgan fingerprint density at radius 2 is 2.00 bits per heavy atom. The molecule has 0 heterocycles. The molecular weight excluding hydrogens is 302 g/mol. The summed E-state index contributed by atoms with van der Waals surface area (Å²) in [4.78, 5) is 23.7. The summed E-state index contributed by atoms with van der Waals surface area (Å²) in [6, 6.07) is 7.46. The molecule has 0 radical (unpaired) electrons. The van der Waals surface area contributed by atoms with Gasteiger partial charge in [0.1, 0.15) is 0 Å². The summed E-state index contributed by atoms with van der Waals surface area (Å²) in [6.45, 7) is 1.74. The minimum Gasteiger partial charge on any atom is -0.481 e. The number of benzene rings is 1. The fraction of sp³-hybridized carbons (Fsp3) is 0.529. The van der Waals surface area contributed by atoms with Crippen LogP contribution in [-0.2, 0) is 15.0 Å². The molecule has 1 fully saturated rings. The standard InChI is InChI=1S/C17H22ClNO3/c1-12(15(20)21)11-19-16(22)17(8-3-2-4-9-17)13-6-5-7-14(18)10-13/h5-7,10,12H,2-4,8-9,11H2,1H3,(H,19,22)(H,20,21). The van der Waals surface area contributed by atoms with Crippen LogP contribution in [0.4, 0.5) is 0 Å². The Hall–Kier alpha value is -1.55. The number of halogens is 1. The van der Waals surface area contributed by atoms with E-state index < -0.39 is 17.3 Å². The van der Waals surface area contributed by atoms with Crippen LogP contribution < -0.4 is 5.32 Å². The first kappa shape index (κ1) is 16.8. The van der Waals surface area contributed by atoms with Crippen molar-refractivity contribution in [2.45, 2.75) is 44.4 Å². The van der Waals surface area contributed by atoms with Gasteiger partial charge in [-0.05, 0) is 30.5 Å². The Morgan fingerprint density at radius 3 is 2.59 bits per heavy atom. The average Bonchev–Trinajstić information content (AvgIpc) is 2.52. The quantitative estimate of drug-likeness (QED) is 0.873. The maximum Gasteiger partial charge on any atom is 0.308 e. The van der Waals surface area contributed by atoms with Crippen molar-refractivity contribution in [2.24, 2.45) is 5.92 Å². The van der Waals surface area contributed by atoms with Crippen LogP contribution >= 0.6 is 11.6 Å². The summed E-state index contributed by atoms with van der Waals surface area (Å²) in [6.07, 6.45) is 4.67. The zero-order chi connectivity index (χ0) is 16.2. The van der Waals surface area contributed by atoms with Crippen LogP contribution in [0, 0.1) is 5.92 Å². The second-order valence-corrected chi connectivity index (χ2v) is 6.54. The maximum absolute atomic E-state index is 12.8. The van der Waals surface area contributed by atoms with Crippen molar-refractivity contribution in [3.63, 3.8) is 0 Å². The number of aliphatic carboxylic acids is 1. The lowest BCUT2D eigenvalue weighted by molar-refractivity contribution is -0.141. The molecule has 1 atom stereocenters. The van der Waals surface area contributed by atoms with E-state index in [1.807, 2.05) is 18.2 Å². The van der Waals surface area contributed by atoms with Gasteiger partial charge in [0.15, 0.2) is 0 Å². The lowest BCUT2D eigenvalue weighted by Crippen LogP contribution is -2.47. The van der Waals surface area contributed by atoms with E-state index in [0.717, 1.165) is 37.7 Å². The number of carboxylic acids is 1. The molecule has 0 saturated heterocycles. The van der Waals surface area contributed by atoms with Crippen molar-refractivity contribution in [2.75, 3.05) is 6.54 Å². The Bertz CT molecular complexity index is 553. The highest BCUT2D eigenvalue weighted by atomic mass is 35.5. The summed E-state index contributed by atoms with van der Waals surface area (Å²) < 4.78 is 0. The molecule has 0 aliphatic heterocycles. The molecule has 1 unspecified atom stereocenters. The maximum atomic E-state index is 12.8. The van der Waals surface area contributed by atoms with Crippen LogP contribution in [0.25, 0.3) is 0 Å². The lowest BCUT2D eigenvalue weighted by atomic mass is 9.68. The van der Waals surface area contributed by atoms with Gasteiger partial charge in [0.05, 0.1) is 11.3 Å². The number of hydrogen-bond donors (Lipinski definition) is 2. The molecule has 2 rings (SSSR count). The van der Waals surface area contributed by atoms with E-state index >= 15 is 0 Å². The molecule has 120 valence electrons. The second kappa shape index (κ2) is 7.14. The number of amides is 1. The van der Waals surface area contributed by atoms with Gasteiger partial charge >= 0.3 is 5.97 Å². The predicted molar refractivity (Wildman–Crippen MR) is 86.0 cm³/mol. The van der Waals surface area contributed by atoms with E-state index in [0.29, 0.717) is 5.02 Å². The molecule has 2 N–H and O–H groups in total. The van der Waals surface area contributed by atoms with Crippen molar-refractivity contribution in [3.05, 3.63) is 34.9 Å². The van der Waals surface area contributed by atoms with E-state index in [2.05, 4.69) is 5.32 Å². The van der Waals surface area contributed by atoms with Gasteiger partial charge in [-0.25, -0.2) is 0 Å². The van der Waals surface area contributed by atoms with Crippen LogP contribution in [0.5, 0.6) is 0 Å². The number of nitrogens with one attached hydrogen (secondary N) is 1. The molecule has 1 aliphatic rings. The van der Waals surface area contributed by atoms with Crippen molar-refractivity contribution < 1.29 is 14.7 Å². The van der Waals surface area contributed by atoms with Crippen molar-refractivity contribution in [3.8, 4) is 0 Å². The highest BCUT2D eigenvalue weighted by molar-refractivity contribution is 6.30. The third-order valence-electron chi connectivity index (χ3n) is 4.51. The fourth-order valence-corrected chi connectivity index (χ4v) is 3.28. The van der Waals surface area contributed by atoms with Gasteiger partial charge < -0.3 is 10.4 Å². The highest BCUT2D eigenvalue weighted by Gasteiger charge is 2.41. The van der Waals surface area contributed by atoms with Crippen LogP contribution in [0.2, 0.25) is 5.02 Å². The van der Waals surface area contributed by atoms with Gasteiger partial charge in [-0.2, -0.15) is 0 Å². The van der Waals surface area contributed by atoms with E-state index in [-0.39, 0.29) is 12.5 Å². The van der Waals surface area contributed by atoms with Crippen LogP contribution in [0.3, 0.4) is 0 Å². The molecule has 5 heteroatoms. The molecule has 4 nitrogen and oxygen atoms in total. The highest BCUT2D eigenvalue weighted by Crippen LogP contribution is 2.40. The molecule has 1 saturated carbocycles. The monoisotopic (exact) mass is 323 g/mol. The summed E-state index contributed by atoms with van der Waals surface area (Å²) in [5.41, 5.74) is 0.349. The third-order valence-corrected chi connectivity index (χ3v) is 4.74. The Kier molecular flexibility index (Phi) is 5.46. The fourth-order valence-electron chi connectivity index (χ4n) is 3.09. The number of carbonyl (C=O) groups excluding carboxylic acids is 1. The number of carboxylic acid groups (broad SMARTS) is 1. The first-order valence-corrected chi connectivity index (χ1v) is 8.11. The van der Waals surface area contributed by atoms with Crippen LogP contribution in [0.15, 0.2) is 24.3 Å². The Labute approximate surface area is 135 Å². The third kappa shape index (κ3) is 3.61. The summed E-state index contributed by atoms with van der Waals surface area (Å²) in [5.74, 6) is -1.58. The minimum absolute atomic E-state index is 0.0810. The van der Waals surface area contributed by atoms with Crippen molar-refractivity contribution in [1.29, 1.82) is 0 Å². The molecule has 1 amide bonds. The van der Waals surface area contributed by atoms with Gasteiger partial charge in [0.25, 0.3) is 0 Å². The van der Waals surface area contributed by atoms with Gasteiger partial charge in [0, 0.05) is 11.6 Å². The van der Waals surface area contributed by atoms with Gasteiger partial charge in [0.2, 0.25) is 5.91 Å². The molecule has 0 bridgehead atoms. The van der Waals surface area contributed by atoms with Crippen LogP contribution in [-0.4, -0.2) is 23.5 Å². The Morgan fingerprint density at radius 1 is 1.32 bits per heavy atom. The lowest BCUT2D eigenvalue weighted by Gasteiger charge is -2.36. The minimum atomic E-state index is -0.902. The molecule has 0 aromatic heterocycles. The number of carbonyl (C=O) groups is 2. The molecular formula is C17H22ClNO3. The predicted octanol–water partition coefficient (Wildman–Crippen LogP) is 3.38. The molecule has 1 aromatic rings. The number of hydrogen-bond acceptors (Lipinski definition) is 2. The SMILES string of the molecule is CC(CNC(=O)C1(c2cccc(Cl)c2)CCCCC1)C(=O)O. The van der Waals surface area contributed by atoms with E-state index in [1.54, 1.807) is 13.0 Å². The zero-order valence-electron chi connectivity index (χ0n) is 12.8. The summed E-state index contributed by atoms with van der Waals surface area (Å²) >= 11 is 6.09. The van der Waals surface area contributed by atoms with Gasteiger partial charge in [-0.1, -0.05) is 49.9 Å². The average molecular weight is 324 g/mol. The normalized spacial score (nSPS) is 18.5.